The highest BCUT2D eigenvalue weighted by molar-refractivity contribution is 6.31. The molecule has 2 N–H and O–H groups in total. The first-order chi connectivity index (χ1) is 13.8. The number of aromatic amines is 1. The number of alkyl halides is 3. The molecular weight excluding hydrogens is 405 g/mol. The summed E-state index contributed by atoms with van der Waals surface area (Å²) in [5.74, 6) is 1.67. The molecule has 1 aromatic heterocycles. The Hall–Kier alpha value is -3.13. The smallest absolute Gasteiger partial charge is 0.417 e. The highest BCUT2D eigenvalue weighted by atomic mass is 35.5. The Morgan fingerprint density at radius 2 is 2.03 bits per heavy atom. The first-order valence-corrected chi connectivity index (χ1v) is 9.06. The Labute approximate surface area is 169 Å². The van der Waals surface area contributed by atoms with Gasteiger partial charge in [0.2, 0.25) is 5.95 Å². The molecule has 0 saturated heterocycles. The summed E-state index contributed by atoms with van der Waals surface area (Å²) in [6, 6.07) is 8.94. The van der Waals surface area contributed by atoms with E-state index in [1.165, 1.54) is 12.1 Å². The molecule has 0 aliphatic carbocycles. The third kappa shape index (κ3) is 4.32. The van der Waals surface area contributed by atoms with Crippen molar-refractivity contribution < 1.29 is 17.9 Å². The average molecular weight is 421 g/mol. The number of imidazole rings is 1. The van der Waals surface area contributed by atoms with E-state index in [1.807, 2.05) is 30.3 Å². The molecule has 1 aliphatic rings. The highest BCUT2D eigenvalue weighted by Crippen LogP contribution is 2.36. The lowest BCUT2D eigenvalue weighted by Crippen LogP contribution is -2.15. The number of rotatable bonds is 4. The van der Waals surface area contributed by atoms with Crippen LogP contribution in [0.5, 0.6) is 5.75 Å². The van der Waals surface area contributed by atoms with Gasteiger partial charge in [0.15, 0.2) is 0 Å². The summed E-state index contributed by atoms with van der Waals surface area (Å²) < 4.78 is 44.9. The predicted molar refractivity (Wildman–Crippen MR) is 106 cm³/mol. The van der Waals surface area contributed by atoms with Gasteiger partial charge in [-0.15, -0.1) is 0 Å². The normalized spacial score (nSPS) is 14.2. The van der Waals surface area contributed by atoms with Gasteiger partial charge in [0.25, 0.3) is 0 Å². The van der Waals surface area contributed by atoms with Gasteiger partial charge in [-0.2, -0.15) is 13.2 Å². The van der Waals surface area contributed by atoms with Crippen LogP contribution < -0.4 is 10.1 Å². The second-order valence-corrected chi connectivity index (χ2v) is 6.95. The summed E-state index contributed by atoms with van der Waals surface area (Å²) in [6.45, 7) is 0.757. The monoisotopic (exact) mass is 420 g/mol. The topological polar surface area (TPSA) is 53.2 Å². The van der Waals surface area contributed by atoms with Crippen molar-refractivity contribution in [1.82, 2.24) is 14.9 Å². The van der Waals surface area contributed by atoms with E-state index in [0.29, 0.717) is 22.7 Å². The molecule has 4 rings (SSSR count). The molecule has 150 valence electrons. The molecule has 0 atom stereocenters. The van der Waals surface area contributed by atoms with Crippen molar-refractivity contribution in [2.45, 2.75) is 6.18 Å². The number of anilines is 2. The van der Waals surface area contributed by atoms with E-state index in [9.17, 15) is 13.2 Å². The molecule has 0 amide bonds. The van der Waals surface area contributed by atoms with E-state index in [2.05, 4.69) is 15.3 Å². The first kappa shape index (κ1) is 19.2. The molecule has 0 saturated carbocycles. The SMILES string of the molecule is CN1C=CC(Oc2ccc3nc(Nc4ccc(Cl)c(C(F)(F)F)c4)[nH]c3c2)=CC1. The van der Waals surface area contributed by atoms with Crippen LogP contribution in [-0.4, -0.2) is 28.5 Å². The van der Waals surface area contributed by atoms with Crippen molar-refractivity contribution in [2.75, 3.05) is 18.9 Å². The third-order valence-corrected chi connectivity index (χ3v) is 4.63. The van der Waals surface area contributed by atoms with E-state index >= 15 is 0 Å². The summed E-state index contributed by atoms with van der Waals surface area (Å²) in [7, 11) is 1.97. The number of nitrogens with one attached hydrogen (secondary N) is 2. The molecule has 5 nitrogen and oxygen atoms in total. The Balaban J connectivity index is 1.55. The molecule has 0 bridgehead atoms. The van der Waals surface area contributed by atoms with E-state index < -0.39 is 11.7 Å². The minimum Gasteiger partial charge on any atom is -0.458 e. The summed E-state index contributed by atoms with van der Waals surface area (Å²) in [5.41, 5.74) is 0.652. The van der Waals surface area contributed by atoms with Crippen molar-refractivity contribution in [1.29, 1.82) is 0 Å². The van der Waals surface area contributed by atoms with Gasteiger partial charge in [-0.1, -0.05) is 11.6 Å². The molecule has 1 aliphatic heterocycles. The van der Waals surface area contributed by atoms with E-state index in [4.69, 9.17) is 16.3 Å². The molecule has 9 heteroatoms. The van der Waals surface area contributed by atoms with Crippen molar-refractivity contribution in [3.63, 3.8) is 0 Å². The van der Waals surface area contributed by atoms with Crippen molar-refractivity contribution in [3.8, 4) is 5.75 Å². The van der Waals surface area contributed by atoms with Gasteiger partial charge < -0.3 is 19.9 Å². The number of fused-ring (bicyclic) bond motifs is 1. The fourth-order valence-corrected chi connectivity index (χ4v) is 3.07. The highest BCUT2D eigenvalue weighted by Gasteiger charge is 2.33. The van der Waals surface area contributed by atoms with E-state index in [1.54, 1.807) is 18.2 Å². The number of halogens is 4. The van der Waals surface area contributed by atoms with Crippen LogP contribution in [0, 0.1) is 0 Å². The van der Waals surface area contributed by atoms with Crippen molar-refractivity contribution in [2.24, 2.45) is 0 Å². The van der Waals surface area contributed by atoms with Crippen LogP contribution in [-0.2, 0) is 6.18 Å². The molecule has 0 unspecified atom stereocenters. The van der Waals surface area contributed by atoms with Crippen LogP contribution in [0.3, 0.4) is 0 Å². The van der Waals surface area contributed by atoms with Gasteiger partial charge in [0.05, 0.1) is 21.6 Å². The lowest BCUT2D eigenvalue weighted by molar-refractivity contribution is -0.137. The third-order valence-electron chi connectivity index (χ3n) is 4.30. The maximum Gasteiger partial charge on any atom is 0.417 e. The zero-order valence-corrected chi connectivity index (χ0v) is 16.0. The van der Waals surface area contributed by atoms with E-state index in [0.717, 1.165) is 18.4 Å². The van der Waals surface area contributed by atoms with E-state index in [-0.39, 0.29) is 10.7 Å². The van der Waals surface area contributed by atoms with Crippen LogP contribution in [0.4, 0.5) is 24.8 Å². The second kappa shape index (κ2) is 7.36. The second-order valence-electron chi connectivity index (χ2n) is 6.55. The first-order valence-electron chi connectivity index (χ1n) is 8.68. The molecular formula is C20H16ClF3N4O. The van der Waals surface area contributed by atoms with Crippen molar-refractivity contribution >= 4 is 34.3 Å². The lowest BCUT2D eigenvalue weighted by atomic mass is 10.2. The Kier molecular flexibility index (Phi) is 4.87. The van der Waals surface area contributed by atoms with Gasteiger partial charge in [0, 0.05) is 31.5 Å². The fourth-order valence-electron chi connectivity index (χ4n) is 2.84. The minimum atomic E-state index is -4.54. The zero-order chi connectivity index (χ0) is 20.6. The van der Waals surface area contributed by atoms with Gasteiger partial charge in [-0.05, 0) is 42.5 Å². The van der Waals surface area contributed by atoms with Crippen LogP contribution in [0.1, 0.15) is 5.56 Å². The molecule has 29 heavy (non-hydrogen) atoms. The fraction of sp³-hybridized carbons (Fsp3) is 0.150. The largest absolute Gasteiger partial charge is 0.458 e. The Morgan fingerprint density at radius 1 is 1.21 bits per heavy atom. The minimum absolute atomic E-state index is 0.221. The maximum absolute atomic E-state index is 13.0. The average Bonchev–Trinajstić information content (AvgIpc) is 3.06. The van der Waals surface area contributed by atoms with Crippen molar-refractivity contribution in [3.05, 3.63) is 71.1 Å². The van der Waals surface area contributed by atoms with Gasteiger partial charge in [-0.3, -0.25) is 0 Å². The number of allylic oxidation sites excluding steroid dienone is 1. The standard InChI is InChI=1S/C20H16ClF3N4O/c1-28-8-6-13(7-9-28)29-14-3-5-17-18(11-14)27-19(26-17)25-12-2-4-16(21)15(10-12)20(22,23)24/h2-8,10-11H,9H2,1H3,(H2,25,26,27). The Bertz CT molecular complexity index is 1120. The molecule has 3 aromatic rings. The summed E-state index contributed by atoms with van der Waals surface area (Å²) in [4.78, 5) is 9.41. The molecule has 0 spiro atoms. The number of H-pyrrole nitrogens is 1. The predicted octanol–water partition coefficient (Wildman–Crippen LogP) is 5.70. The van der Waals surface area contributed by atoms with Gasteiger partial charge >= 0.3 is 6.18 Å². The number of hydrogen-bond donors (Lipinski definition) is 2. The summed E-state index contributed by atoms with van der Waals surface area (Å²) in [6.07, 6.45) is 1.22. The molecule has 2 aromatic carbocycles. The molecule has 2 heterocycles. The number of nitrogens with zero attached hydrogens (tertiary/aromatic N) is 2. The zero-order valence-electron chi connectivity index (χ0n) is 15.2. The number of ether oxygens (including phenoxy) is 1. The van der Waals surface area contributed by atoms with Gasteiger partial charge in [0.1, 0.15) is 11.5 Å². The molecule has 0 radical (unpaired) electrons. The Morgan fingerprint density at radius 3 is 2.76 bits per heavy atom. The van der Waals surface area contributed by atoms with Crippen LogP contribution in [0.15, 0.2) is 60.5 Å². The van der Waals surface area contributed by atoms with Crippen LogP contribution in [0.25, 0.3) is 11.0 Å². The number of hydrogen-bond acceptors (Lipinski definition) is 4. The number of likely N-dealkylation sites (N-methyl/N-ethyl adjacent to an activating group) is 1. The van der Waals surface area contributed by atoms with Crippen LogP contribution in [0.2, 0.25) is 5.02 Å². The van der Waals surface area contributed by atoms with Gasteiger partial charge in [-0.25, -0.2) is 4.98 Å². The molecule has 0 fully saturated rings. The quantitative estimate of drug-likeness (QED) is 0.568. The maximum atomic E-state index is 13.0. The van der Waals surface area contributed by atoms with Crippen LogP contribution >= 0.6 is 11.6 Å². The number of aromatic nitrogens is 2. The number of benzene rings is 2. The lowest BCUT2D eigenvalue weighted by Gasteiger charge is -2.17. The summed E-state index contributed by atoms with van der Waals surface area (Å²) >= 11 is 5.66. The summed E-state index contributed by atoms with van der Waals surface area (Å²) in [5, 5.41) is 2.49.